The fourth-order valence-electron chi connectivity index (χ4n) is 4.26. The van der Waals surface area contributed by atoms with Crippen molar-refractivity contribution in [2.24, 2.45) is 11.8 Å². The van der Waals surface area contributed by atoms with Crippen molar-refractivity contribution in [3.05, 3.63) is 28.8 Å². The van der Waals surface area contributed by atoms with E-state index in [2.05, 4.69) is 0 Å². The number of phenolic OH excluding ortho intramolecular Hbond substituents is 1. The Morgan fingerprint density at radius 1 is 1.08 bits per heavy atom. The second kappa shape index (κ2) is 6.52. The van der Waals surface area contributed by atoms with Gasteiger partial charge in [0.25, 0.3) is 5.91 Å². The molecule has 25 heavy (non-hydrogen) atoms. The summed E-state index contributed by atoms with van der Waals surface area (Å²) in [6, 6.07) is 4.63. The van der Waals surface area contributed by atoms with Gasteiger partial charge in [-0.3, -0.25) is 9.59 Å². The van der Waals surface area contributed by atoms with Crippen molar-refractivity contribution in [1.29, 1.82) is 0 Å². The van der Waals surface area contributed by atoms with Crippen LogP contribution in [0.5, 0.6) is 5.75 Å². The lowest BCUT2D eigenvalue weighted by molar-refractivity contribution is -0.138. The number of carbonyl (C=O) groups is 2. The number of hydrogen-bond donors (Lipinski definition) is 1. The first kappa shape index (κ1) is 16.7. The summed E-state index contributed by atoms with van der Waals surface area (Å²) in [7, 11) is 0. The highest BCUT2D eigenvalue weighted by atomic mass is 35.5. The number of aromatic hydroxyl groups is 1. The fourth-order valence-corrected chi connectivity index (χ4v) is 4.43. The molecule has 0 spiro atoms. The summed E-state index contributed by atoms with van der Waals surface area (Å²) in [5, 5.41) is 10.5. The zero-order valence-corrected chi connectivity index (χ0v) is 14.9. The summed E-state index contributed by atoms with van der Waals surface area (Å²) in [5.74, 6) is 0.539. The normalized spacial score (nSPS) is 26.3. The molecule has 0 radical (unpaired) electrons. The number of rotatable bonds is 2. The van der Waals surface area contributed by atoms with E-state index in [9.17, 15) is 14.7 Å². The molecular formula is C19H23ClN2O3. The molecule has 1 aliphatic carbocycles. The van der Waals surface area contributed by atoms with Crippen LogP contribution in [0.1, 0.15) is 42.5 Å². The highest BCUT2D eigenvalue weighted by molar-refractivity contribution is 6.30. The van der Waals surface area contributed by atoms with Gasteiger partial charge in [-0.1, -0.05) is 18.0 Å². The average Bonchev–Trinajstić information content (AvgIpc) is 2.84. The quantitative estimate of drug-likeness (QED) is 0.880. The summed E-state index contributed by atoms with van der Waals surface area (Å²) in [5.41, 5.74) is 0.286. The first-order valence-electron chi connectivity index (χ1n) is 9.11. The zero-order chi connectivity index (χ0) is 17.6. The van der Waals surface area contributed by atoms with Crippen molar-refractivity contribution in [1.82, 2.24) is 9.80 Å². The summed E-state index contributed by atoms with van der Waals surface area (Å²) >= 11 is 5.87. The second-order valence-corrected chi connectivity index (χ2v) is 8.02. The number of nitrogens with zero attached hydrogens (tertiary/aromatic N) is 2. The predicted molar refractivity (Wildman–Crippen MR) is 94.6 cm³/mol. The largest absolute Gasteiger partial charge is 0.507 e. The Morgan fingerprint density at radius 2 is 1.88 bits per heavy atom. The van der Waals surface area contributed by atoms with Crippen LogP contribution in [-0.2, 0) is 4.79 Å². The van der Waals surface area contributed by atoms with Crippen LogP contribution in [0.3, 0.4) is 0 Å². The molecule has 2 amide bonds. The summed E-state index contributed by atoms with van der Waals surface area (Å²) in [6.07, 6.45) is 5.13. The standard InChI is InChI=1S/C19H23ClN2O3/c20-14-5-7-16(17(23)8-14)19(25)22-10-12-4-6-15(22)11-21(9-12)18(24)13-2-1-3-13/h5,7-8,12-13,15,23H,1-4,6,9-11H2/t12-,15+/m0/s1. The zero-order valence-electron chi connectivity index (χ0n) is 14.2. The smallest absolute Gasteiger partial charge is 0.257 e. The van der Waals surface area contributed by atoms with E-state index < -0.39 is 0 Å². The van der Waals surface area contributed by atoms with Crippen LogP contribution in [0.4, 0.5) is 0 Å². The van der Waals surface area contributed by atoms with Crippen molar-refractivity contribution in [2.45, 2.75) is 38.1 Å². The van der Waals surface area contributed by atoms with Gasteiger partial charge >= 0.3 is 0 Å². The minimum atomic E-state index is -0.165. The Balaban J connectivity index is 1.53. The van der Waals surface area contributed by atoms with Gasteiger partial charge in [0.05, 0.1) is 5.56 Å². The lowest BCUT2D eigenvalue weighted by atomic mass is 9.84. The minimum absolute atomic E-state index is 0.0327. The van der Waals surface area contributed by atoms with E-state index in [0.717, 1.165) is 38.6 Å². The van der Waals surface area contributed by atoms with Crippen molar-refractivity contribution >= 4 is 23.4 Å². The van der Waals surface area contributed by atoms with Crippen LogP contribution in [0.15, 0.2) is 18.2 Å². The van der Waals surface area contributed by atoms with Gasteiger partial charge in [0.15, 0.2) is 0 Å². The first-order valence-corrected chi connectivity index (χ1v) is 9.49. The van der Waals surface area contributed by atoms with Gasteiger partial charge in [-0.25, -0.2) is 0 Å². The van der Waals surface area contributed by atoms with E-state index in [1.54, 1.807) is 12.1 Å². The Kier molecular flexibility index (Phi) is 4.36. The second-order valence-electron chi connectivity index (χ2n) is 7.59. The maximum atomic E-state index is 13.0. The molecule has 3 aliphatic heterocycles. The van der Waals surface area contributed by atoms with Gasteiger partial charge in [-0.05, 0) is 49.8 Å². The first-order chi connectivity index (χ1) is 12.0. The number of hydrogen-bond acceptors (Lipinski definition) is 3. The minimum Gasteiger partial charge on any atom is -0.507 e. The molecule has 1 aromatic carbocycles. The Labute approximate surface area is 152 Å². The van der Waals surface area contributed by atoms with E-state index in [4.69, 9.17) is 11.6 Å². The molecule has 4 aliphatic rings. The Bertz CT molecular complexity index is 704. The molecule has 6 heteroatoms. The van der Waals surface area contributed by atoms with Crippen LogP contribution < -0.4 is 0 Å². The van der Waals surface area contributed by atoms with Gasteiger partial charge in [0.1, 0.15) is 5.75 Å². The van der Waals surface area contributed by atoms with E-state index >= 15 is 0 Å². The number of benzene rings is 1. The lowest BCUT2D eigenvalue weighted by Crippen LogP contribution is -2.48. The Hall–Kier alpha value is -1.75. The van der Waals surface area contributed by atoms with E-state index in [0.29, 0.717) is 24.0 Å². The molecule has 1 aromatic rings. The van der Waals surface area contributed by atoms with Crippen molar-refractivity contribution in [3.63, 3.8) is 0 Å². The molecule has 5 nitrogen and oxygen atoms in total. The SMILES string of the molecule is O=C(C1CCC1)N1C[C@@H]2CC[C@H](C1)N(C(=O)c1ccc(Cl)cc1O)C2. The van der Waals surface area contributed by atoms with Crippen LogP contribution in [-0.4, -0.2) is 52.4 Å². The molecule has 4 fully saturated rings. The van der Waals surface area contributed by atoms with Gasteiger partial charge in [-0.2, -0.15) is 0 Å². The molecule has 3 saturated heterocycles. The highest BCUT2D eigenvalue weighted by Gasteiger charge is 2.41. The molecular weight excluding hydrogens is 340 g/mol. The highest BCUT2D eigenvalue weighted by Crippen LogP contribution is 2.34. The molecule has 2 bridgehead atoms. The van der Waals surface area contributed by atoms with Gasteiger partial charge in [-0.15, -0.1) is 0 Å². The molecule has 0 unspecified atom stereocenters. The number of phenols is 1. The maximum Gasteiger partial charge on any atom is 0.257 e. The number of amides is 2. The third kappa shape index (κ3) is 3.10. The van der Waals surface area contributed by atoms with Crippen LogP contribution in [0, 0.1) is 11.8 Å². The van der Waals surface area contributed by atoms with E-state index in [-0.39, 0.29) is 35.1 Å². The van der Waals surface area contributed by atoms with Gasteiger partial charge in [0.2, 0.25) is 5.91 Å². The average molecular weight is 363 g/mol. The topological polar surface area (TPSA) is 60.9 Å². The third-order valence-corrected chi connectivity index (χ3v) is 6.17. The van der Waals surface area contributed by atoms with Crippen LogP contribution in [0.25, 0.3) is 0 Å². The molecule has 3 heterocycles. The van der Waals surface area contributed by atoms with E-state index in [1.807, 2.05) is 9.80 Å². The van der Waals surface area contributed by atoms with Gasteiger partial charge in [0, 0.05) is 36.6 Å². The molecule has 2 atom stereocenters. The predicted octanol–water partition coefficient (Wildman–Crippen LogP) is 2.91. The van der Waals surface area contributed by atoms with Crippen LogP contribution >= 0.6 is 11.6 Å². The molecule has 1 saturated carbocycles. The fraction of sp³-hybridized carbons (Fsp3) is 0.579. The summed E-state index contributed by atoms with van der Waals surface area (Å²) < 4.78 is 0. The summed E-state index contributed by atoms with van der Waals surface area (Å²) in [4.78, 5) is 29.5. The molecule has 1 N–H and O–H groups in total. The Morgan fingerprint density at radius 3 is 2.56 bits per heavy atom. The van der Waals surface area contributed by atoms with E-state index in [1.165, 1.54) is 6.07 Å². The number of piperidine rings is 1. The third-order valence-electron chi connectivity index (χ3n) is 5.93. The molecule has 134 valence electrons. The van der Waals surface area contributed by atoms with Crippen molar-refractivity contribution in [2.75, 3.05) is 19.6 Å². The number of carbonyl (C=O) groups excluding carboxylic acids is 2. The van der Waals surface area contributed by atoms with Crippen molar-refractivity contribution < 1.29 is 14.7 Å². The monoisotopic (exact) mass is 362 g/mol. The summed E-state index contributed by atoms with van der Waals surface area (Å²) in [6.45, 7) is 2.02. The molecule has 5 rings (SSSR count). The number of halogens is 1. The van der Waals surface area contributed by atoms with Gasteiger partial charge < -0.3 is 14.9 Å². The molecule has 0 aromatic heterocycles. The van der Waals surface area contributed by atoms with Crippen LogP contribution in [0.2, 0.25) is 5.02 Å². The number of fused-ring (bicyclic) bond motifs is 4. The lowest BCUT2D eigenvalue weighted by Gasteiger charge is -2.36. The van der Waals surface area contributed by atoms with Crippen molar-refractivity contribution in [3.8, 4) is 5.75 Å². The maximum absolute atomic E-state index is 13.0.